The second-order valence-electron chi connectivity index (χ2n) is 2.71. The molecule has 2 N–H and O–H groups in total. The van der Waals surface area contributed by atoms with Crippen LogP contribution in [0.4, 0.5) is 11.4 Å². The topological polar surface area (TPSA) is 49.8 Å². The maximum Gasteiger partial charge on any atom is 0.0972 e. The molecular formula is C8H6N4. The number of nitrogens with zero attached hydrogens (tertiary/aromatic N) is 2. The minimum Gasteiger partial charge on any atom is -0.300 e. The van der Waals surface area contributed by atoms with E-state index in [1.807, 2.05) is 18.2 Å². The van der Waals surface area contributed by atoms with Crippen molar-refractivity contribution >= 4 is 22.3 Å². The zero-order valence-corrected chi connectivity index (χ0v) is 6.20. The lowest BCUT2D eigenvalue weighted by atomic mass is 10.2. The number of rotatable bonds is 0. The van der Waals surface area contributed by atoms with Crippen molar-refractivity contribution in [2.24, 2.45) is 0 Å². The molecule has 0 radical (unpaired) electrons. The summed E-state index contributed by atoms with van der Waals surface area (Å²) >= 11 is 0. The minimum atomic E-state index is 0.919. The summed E-state index contributed by atoms with van der Waals surface area (Å²) < 4.78 is 0. The van der Waals surface area contributed by atoms with Crippen LogP contribution in [0.5, 0.6) is 0 Å². The van der Waals surface area contributed by atoms with Gasteiger partial charge in [0.15, 0.2) is 0 Å². The molecule has 12 heavy (non-hydrogen) atoms. The maximum absolute atomic E-state index is 4.01. The Kier molecular flexibility index (Phi) is 0.889. The first-order chi connectivity index (χ1) is 5.95. The van der Waals surface area contributed by atoms with Crippen molar-refractivity contribution in [2.45, 2.75) is 0 Å². The molecule has 3 rings (SSSR count). The van der Waals surface area contributed by atoms with Crippen molar-refractivity contribution in [2.75, 3.05) is 10.9 Å². The fourth-order valence-electron chi connectivity index (χ4n) is 1.45. The average Bonchev–Trinajstić information content (AvgIpc) is 2.52. The van der Waals surface area contributed by atoms with E-state index in [1.54, 1.807) is 6.20 Å². The third-order valence-corrected chi connectivity index (χ3v) is 2.00. The molecule has 0 unspecified atom stereocenters. The highest BCUT2D eigenvalue weighted by Crippen LogP contribution is 2.32. The number of aromatic nitrogens is 2. The quantitative estimate of drug-likeness (QED) is 0.608. The molecule has 4 heteroatoms. The zero-order chi connectivity index (χ0) is 7.97. The van der Waals surface area contributed by atoms with E-state index < -0.39 is 0 Å². The van der Waals surface area contributed by atoms with Crippen LogP contribution in [0.3, 0.4) is 0 Å². The van der Waals surface area contributed by atoms with Crippen LogP contribution in [-0.4, -0.2) is 10.2 Å². The van der Waals surface area contributed by atoms with Crippen LogP contribution in [0.15, 0.2) is 24.4 Å². The average molecular weight is 158 g/mol. The van der Waals surface area contributed by atoms with Gasteiger partial charge in [0.1, 0.15) is 0 Å². The highest BCUT2D eigenvalue weighted by atomic mass is 15.4. The molecule has 0 saturated carbocycles. The number of nitrogens with one attached hydrogen (secondary N) is 2. The Bertz CT molecular complexity index is 413. The summed E-state index contributed by atoms with van der Waals surface area (Å²) in [6.07, 6.45) is 1.71. The van der Waals surface area contributed by atoms with Crippen LogP contribution < -0.4 is 10.9 Å². The van der Waals surface area contributed by atoms with E-state index in [0.29, 0.717) is 0 Å². The molecule has 2 aromatic rings. The zero-order valence-electron chi connectivity index (χ0n) is 6.20. The summed E-state index contributed by atoms with van der Waals surface area (Å²) in [5.41, 5.74) is 9.05. The van der Waals surface area contributed by atoms with E-state index in [9.17, 15) is 0 Å². The first-order valence-corrected chi connectivity index (χ1v) is 3.71. The van der Waals surface area contributed by atoms with E-state index in [2.05, 4.69) is 21.0 Å². The van der Waals surface area contributed by atoms with Gasteiger partial charge in [0.2, 0.25) is 0 Å². The predicted octanol–water partition coefficient (Wildman–Crippen LogP) is 1.38. The maximum atomic E-state index is 4.01. The second-order valence-corrected chi connectivity index (χ2v) is 2.71. The Morgan fingerprint density at radius 2 is 2.00 bits per heavy atom. The fourth-order valence-corrected chi connectivity index (χ4v) is 1.45. The van der Waals surface area contributed by atoms with Crippen molar-refractivity contribution in [1.82, 2.24) is 10.2 Å². The van der Waals surface area contributed by atoms with Gasteiger partial charge in [-0.3, -0.25) is 5.43 Å². The first kappa shape index (κ1) is 5.77. The highest BCUT2D eigenvalue weighted by molar-refractivity contribution is 6.04. The molecule has 0 amide bonds. The molecule has 0 bridgehead atoms. The summed E-state index contributed by atoms with van der Waals surface area (Å²) in [5, 5.41) is 9.00. The van der Waals surface area contributed by atoms with Crippen LogP contribution in [0.2, 0.25) is 0 Å². The highest BCUT2D eigenvalue weighted by Gasteiger charge is 2.12. The normalized spacial score (nSPS) is 12.7. The van der Waals surface area contributed by atoms with Crippen LogP contribution in [-0.2, 0) is 0 Å². The van der Waals surface area contributed by atoms with Gasteiger partial charge in [-0.1, -0.05) is 6.07 Å². The molecule has 1 aromatic carbocycles. The minimum absolute atomic E-state index is 0.919. The summed E-state index contributed by atoms with van der Waals surface area (Å²) in [6, 6.07) is 5.91. The Labute approximate surface area is 68.6 Å². The molecule has 0 fully saturated rings. The lowest BCUT2D eigenvalue weighted by Gasteiger charge is -1.94. The number of hydrogen-bond acceptors (Lipinski definition) is 4. The number of anilines is 2. The molecule has 0 saturated heterocycles. The SMILES string of the molecule is c1cc2c3c(cnnc3c1)NN2. The molecule has 58 valence electrons. The molecule has 1 aromatic heterocycles. The number of hydrazine groups is 1. The Morgan fingerprint density at radius 1 is 1.08 bits per heavy atom. The Morgan fingerprint density at radius 3 is 3.00 bits per heavy atom. The van der Waals surface area contributed by atoms with Gasteiger partial charge in [-0.25, -0.2) is 0 Å². The third-order valence-electron chi connectivity index (χ3n) is 2.00. The molecular weight excluding hydrogens is 152 g/mol. The monoisotopic (exact) mass is 158 g/mol. The van der Waals surface area contributed by atoms with Gasteiger partial charge in [-0.15, -0.1) is 0 Å². The molecule has 1 aliphatic heterocycles. The van der Waals surface area contributed by atoms with Crippen molar-refractivity contribution in [3.63, 3.8) is 0 Å². The van der Waals surface area contributed by atoms with E-state index in [1.165, 1.54) is 0 Å². The van der Waals surface area contributed by atoms with Crippen molar-refractivity contribution < 1.29 is 0 Å². The molecule has 0 atom stereocenters. The van der Waals surface area contributed by atoms with Gasteiger partial charge in [0.05, 0.1) is 28.5 Å². The lowest BCUT2D eigenvalue weighted by Crippen LogP contribution is -2.00. The van der Waals surface area contributed by atoms with Crippen LogP contribution in [0.1, 0.15) is 0 Å². The fraction of sp³-hybridized carbons (Fsp3) is 0. The van der Waals surface area contributed by atoms with Gasteiger partial charge in [0.25, 0.3) is 0 Å². The van der Waals surface area contributed by atoms with Gasteiger partial charge >= 0.3 is 0 Å². The van der Waals surface area contributed by atoms with E-state index in [4.69, 9.17) is 0 Å². The predicted molar refractivity (Wildman–Crippen MR) is 46.8 cm³/mol. The number of hydrogen-bond donors (Lipinski definition) is 2. The second kappa shape index (κ2) is 1.85. The summed E-state index contributed by atoms with van der Waals surface area (Å²) in [6.45, 7) is 0. The standard InChI is InChI=1S/C8H6N4/c1-2-5-8-6(3-1)11-12-7(8)4-9-10-5/h1-4,11-12H. The lowest BCUT2D eigenvalue weighted by molar-refractivity contribution is 1.08. The van der Waals surface area contributed by atoms with Crippen LogP contribution in [0, 0.1) is 0 Å². The van der Waals surface area contributed by atoms with Crippen molar-refractivity contribution in [3.05, 3.63) is 24.4 Å². The molecule has 2 heterocycles. The summed E-state index contributed by atoms with van der Waals surface area (Å²) in [7, 11) is 0. The van der Waals surface area contributed by atoms with Crippen molar-refractivity contribution in [1.29, 1.82) is 0 Å². The molecule has 4 nitrogen and oxygen atoms in total. The largest absolute Gasteiger partial charge is 0.300 e. The van der Waals surface area contributed by atoms with Crippen molar-refractivity contribution in [3.8, 4) is 0 Å². The van der Waals surface area contributed by atoms with E-state index in [-0.39, 0.29) is 0 Å². The Balaban J connectivity index is 2.58. The molecule has 1 aliphatic rings. The van der Waals surface area contributed by atoms with Gasteiger partial charge in [-0.05, 0) is 12.1 Å². The summed E-state index contributed by atoms with van der Waals surface area (Å²) in [4.78, 5) is 0. The van der Waals surface area contributed by atoms with Crippen LogP contribution >= 0.6 is 0 Å². The third kappa shape index (κ3) is 0.567. The first-order valence-electron chi connectivity index (χ1n) is 3.71. The smallest absolute Gasteiger partial charge is 0.0972 e. The number of benzene rings is 1. The van der Waals surface area contributed by atoms with Gasteiger partial charge in [-0.2, -0.15) is 10.2 Å². The van der Waals surface area contributed by atoms with E-state index >= 15 is 0 Å². The summed E-state index contributed by atoms with van der Waals surface area (Å²) in [5.74, 6) is 0. The van der Waals surface area contributed by atoms with Crippen LogP contribution in [0.25, 0.3) is 10.9 Å². The van der Waals surface area contributed by atoms with Gasteiger partial charge in [0, 0.05) is 0 Å². The molecule has 0 spiro atoms. The van der Waals surface area contributed by atoms with E-state index in [0.717, 1.165) is 22.3 Å². The Hall–Kier alpha value is -1.84. The van der Waals surface area contributed by atoms with Gasteiger partial charge < -0.3 is 5.43 Å². The molecule has 0 aliphatic carbocycles.